The van der Waals surface area contributed by atoms with Crippen molar-refractivity contribution >= 4 is 17.4 Å². The van der Waals surface area contributed by atoms with Crippen molar-refractivity contribution in [1.29, 1.82) is 0 Å². The van der Waals surface area contributed by atoms with Crippen LogP contribution in [0, 0.1) is 10.1 Å². The van der Waals surface area contributed by atoms with Gasteiger partial charge in [0.1, 0.15) is 0 Å². The van der Waals surface area contributed by atoms with Crippen molar-refractivity contribution in [2.45, 2.75) is 12.5 Å². The van der Waals surface area contributed by atoms with E-state index in [0.717, 1.165) is 5.56 Å². The summed E-state index contributed by atoms with van der Waals surface area (Å²) in [4.78, 5) is 38.8. The number of para-hydroxylation sites is 1. The zero-order valence-electron chi connectivity index (χ0n) is 19.0. The summed E-state index contributed by atoms with van der Waals surface area (Å²) in [5.41, 5.74) is 0.353. The van der Waals surface area contributed by atoms with Crippen LogP contribution in [-0.4, -0.2) is 47.4 Å². The number of ketones is 1. The van der Waals surface area contributed by atoms with Gasteiger partial charge in [0.15, 0.2) is 23.0 Å². The standard InChI is InChI=1S/C25H22N2O8/c1-33-18-10-9-15(14-20(18)34-2)11-12-26-22(16-6-3-4-7-17(16)27(31)32)21(24(29)25(26)30)23(28)19-8-5-13-35-19/h3-10,13-14,22,29H,11-12H2,1-2H3/t22-/m0/s1. The number of amides is 1. The Balaban J connectivity index is 1.74. The summed E-state index contributed by atoms with van der Waals surface area (Å²) in [7, 11) is 3.02. The molecule has 0 aliphatic carbocycles. The Morgan fingerprint density at radius 2 is 1.86 bits per heavy atom. The van der Waals surface area contributed by atoms with Gasteiger partial charge in [0.2, 0.25) is 5.78 Å². The lowest BCUT2D eigenvalue weighted by molar-refractivity contribution is -0.385. The van der Waals surface area contributed by atoms with Gasteiger partial charge in [0.05, 0.1) is 42.6 Å². The van der Waals surface area contributed by atoms with Crippen molar-refractivity contribution in [2.75, 3.05) is 20.8 Å². The number of nitro benzene ring substituents is 1. The van der Waals surface area contributed by atoms with Crippen molar-refractivity contribution in [2.24, 2.45) is 0 Å². The number of methoxy groups -OCH3 is 2. The lowest BCUT2D eigenvalue weighted by Gasteiger charge is -2.26. The van der Waals surface area contributed by atoms with Crippen LogP contribution in [0.5, 0.6) is 11.5 Å². The largest absolute Gasteiger partial charge is 0.503 e. The van der Waals surface area contributed by atoms with E-state index in [1.165, 1.54) is 55.7 Å². The average Bonchev–Trinajstić information content (AvgIpc) is 3.49. The van der Waals surface area contributed by atoms with E-state index < -0.39 is 28.4 Å². The molecule has 1 N–H and O–H groups in total. The minimum Gasteiger partial charge on any atom is -0.503 e. The second kappa shape index (κ2) is 9.72. The normalized spacial score (nSPS) is 15.4. The zero-order valence-corrected chi connectivity index (χ0v) is 19.0. The number of aliphatic hydroxyl groups excluding tert-OH is 1. The monoisotopic (exact) mass is 478 g/mol. The number of nitro groups is 1. The van der Waals surface area contributed by atoms with Crippen LogP contribution in [-0.2, 0) is 11.2 Å². The first-order valence-corrected chi connectivity index (χ1v) is 10.6. The maximum absolute atomic E-state index is 13.2. The molecule has 0 radical (unpaired) electrons. The summed E-state index contributed by atoms with van der Waals surface area (Å²) in [6, 6.07) is 12.8. The number of nitrogens with zero attached hydrogens (tertiary/aromatic N) is 2. The SMILES string of the molecule is COc1ccc(CCN2C(=O)C(O)=C(C(=O)c3ccco3)[C@@H]2c2ccccc2[N+](=O)[O-])cc1OC. The molecule has 1 aromatic heterocycles. The minimum atomic E-state index is -1.18. The lowest BCUT2D eigenvalue weighted by atomic mass is 9.93. The topological polar surface area (TPSA) is 132 Å². The van der Waals surface area contributed by atoms with Gasteiger partial charge in [0.25, 0.3) is 11.6 Å². The van der Waals surface area contributed by atoms with Crippen LogP contribution < -0.4 is 9.47 Å². The number of aliphatic hydroxyl groups is 1. The lowest BCUT2D eigenvalue weighted by Crippen LogP contribution is -2.33. The molecular formula is C25H22N2O8. The molecule has 4 rings (SSSR count). The number of furan rings is 1. The molecule has 1 aliphatic heterocycles. The number of hydrogen-bond acceptors (Lipinski definition) is 8. The third kappa shape index (κ3) is 4.33. The molecule has 1 aliphatic rings. The Morgan fingerprint density at radius 1 is 1.11 bits per heavy atom. The molecule has 3 aromatic rings. The van der Waals surface area contributed by atoms with Crippen LogP contribution in [0.15, 0.2) is 76.6 Å². The molecule has 2 aromatic carbocycles. The Bertz CT molecular complexity index is 1310. The second-order valence-electron chi connectivity index (χ2n) is 7.73. The number of hydrogen-bond donors (Lipinski definition) is 1. The first kappa shape index (κ1) is 23.6. The van der Waals surface area contributed by atoms with Crippen LogP contribution in [0.3, 0.4) is 0 Å². The molecule has 10 heteroatoms. The summed E-state index contributed by atoms with van der Waals surface area (Å²) in [5.74, 6) is -1.34. The van der Waals surface area contributed by atoms with Crippen LogP contribution in [0.2, 0.25) is 0 Å². The van der Waals surface area contributed by atoms with E-state index in [4.69, 9.17) is 13.9 Å². The summed E-state index contributed by atoms with van der Waals surface area (Å²) in [6.45, 7) is 0.0596. The van der Waals surface area contributed by atoms with E-state index in [9.17, 15) is 24.8 Å². The van der Waals surface area contributed by atoms with E-state index in [2.05, 4.69) is 0 Å². The number of carbonyl (C=O) groups is 2. The van der Waals surface area contributed by atoms with Crippen molar-refractivity contribution in [3.8, 4) is 11.5 Å². The fraction of sp³-hybridized carbons (Fsp3) is 0.200. The number of ether oxygens (including phenoxy) is 2. The summed E-state index contributed by atoms with van der Waals surface area (Å²) in [5, 5.41) is 22.5. The van der Waals surface area contributed by atoms with Crippen molar-refractivity contribution in [3.05, 3.63) is 99.2 Å². The highest BCUT2D eigenvalue weighted by atomic mass is 16.6. The molecular weight excluding hydrogens is 456 g/mol. The number of Topliss-reactive ketones (excluding diaryl/α,β-unsaturated/α-hetero) is 1. The smallest absolute Gasteiger partial charge is 0.290 e. The Morgan fingerprint density at radius 3 is 2.51 bits per heavy atom. The van der Waals surface area contributed by atoms with Gasteiger partial charge in [-0.2, -0.15) is 0 Å². The Kier molecular flexibility index (Phi) is 6.54. The van der Waals surface area contributed by atoms with Gasteiger partial charge in [-0.25, -0.2) is 0 Å². The third-order valence-electron chi connectivity index (χ3n) is 5.81. The average molecular weight is 478 g/mol. The molecule has 0 unspecified atom stereocenters. The highest BCUT2D eigenvalue weighted by Gasteiger charge is 2.46. The first-order chi connectivity index (χ1) is 16.9. The van der Waals surface area contributed by atoms with Crippen LogP contribution in [0.25, 0.3) is 0 Å². The van der Waals surface area contributed by atoms with Crippen molar-refractivity contribution in [1.82, 2.24) is 4.90 Å². The van der Waals surface area contributed by atoms with E-state index in [1.54, 1.807) is 24.3 Å². The molecule has 10 nitrogen and oxygen atoms in total. The predicted octanol–water partition coefficient (Wildman–Crippen LogP) is 4.03. The molecule has 0 saturated heterocycles. The van der Waals surface area contributed by atoms with Gasteiger partial charge in [-0.15, -0.1) is 0 Å². The number of rotatable bonds is 9. The molecule has 0 bridgehead atoms. The summed E-state index contributed by atoms with van der Waals surface area (Å²) >= 11 is 0. The maximum atomic E-state index is 13.2. The van der Waals surface area contributed by atoms with Crippen LogP contribution in [0.4, 0.5) is 5.69 Å². The molecule has 1 amide bonds. The van der Waals surface area contributed by atoms with Crippen molar-refractivity contribution in [3.63, 3.8) is 0 Å². The third-order valence-corrected chi connectivity index (χ3v) is 5.81. The van der Waals surface area contributed by atoms with Crippen LogP contribution >= 0.6 is 0 Å². The molecule has 0 fully saturated rings. The van der Waals surface area contributed by atoms with Gasteiger partial charge in [0, 0.05) is 12.6 Å². The van der Waals surface area contributed by atoms with Gasteiger partial charge in [-0.3, -0.25) is 19.7 Å². The molecule has 1 atom stereocenters. The number of carbonyl (C=O) groups excluding carboxylic acids is 2. The predicted molar refractivity (Wildman–Crippen MR) is 123 cm³/mol. The highest BCUT2D eigenvalue weighted by molar-refractivity contribution is 6.15. The van der Waals surface area contributed by atoms with Gasteiger partial charge in [-0.1, -0.05) is 18.2 Å². The fourth-order valence-electron chi connectivity index (χ4n) is 4.15. The number of benzene rings is 2. The van der Waals surface area contributed by atoms with E-state index in [1.807, 2.05) is 0 Å². The van der Waals surface area contributed by atoms with E-state index in [0.29, 0.717) is 17.9 Å². The first-order valence-electron chi connectivity index (χ1n) is 10.6. The zero-order chi connectivity index (χ0) is 25.1. The van der Waals surface area contributed by atoms with Gasteiger partial charge >= 0.3 is 0 Å². The van der Waals surface area contributed by atoms with Gasteiger partial charge in [-0.05, 0) is 42.3 Å². The summed E-state index contributed by atoms with van der Waals surface area (Å²) in [6.07, 6.45) is 1.61. The molecule has 0 saturated carbocycles. The Hall–Kier alpha value is -4.60. The maximum Gasteiger partial charge on any atom is 0.290 e. The minimum absolute atomic E-state index is 0.0596. The van der Waals surface area contributed by atoms with Crippen molar-refractivity contribution < 1.29 is 33.5 Å². The van der Waals surface area contributed by atoms with Crippen LogP contribution in [0.1, 0.15) is 27.7 Å². The molecule has 180 valence electrons. The fourth-order valence-corrected chi connectivity index (χ4v) is 4.15. The molecule has 35 heavy (non-hydrogen) atoms. The highest BCUT2D eigenvalue weighted by Crippen LogP contribution is 2.42. The quantitative estimate of drug-likeness (QED) is 0.277. The molecule has 2 heterocycles. The second-order valence-corrected chi connectivity index (χ2v) is 7.73. The van der Waals surface area contributed by atoms with E-state index in [-0.39, 0.29) is 29.1 Å². The molecule has 0 spiro atoms. The Labute approximate surface area is 200 Å². The van der Waals surface area contributed by atoms with E-state index >= 15 is 0 Å². The van der Waals surface area contributed by atoms with Gasteiger partial charge < -0.3 is 23.9 Å². The summed E-state index contributed by atoms with van der Waals surface area (Å²) < 4.78 is 15.8.